The van der Waals surface area contributed by atoms with Gasteiger partial charge in [-0.3, -0.25) is 0 Å². The van der Waals surface area contributed by atoms with Gasteiger partial charge in [0.25, 0.3) is 0 Å². The van der Waals surface area contributed by atoms with Crippen molar-refractivity contribution >= 4 is 11.6 Å². The molecule has 0 radical (unpaired) electrons. The van der Waals surface area contributed by atoms with E-state index in [1.165, 1.54) is 6.07 Å². The van der Waals surface area contributed by atoms with E-state index in [1.807, 2.05) is 0 Å². The van der Waals surface area contributed by atoms with Crippen LogP contribution < -0.4 is 0 Å². The Balaban J connectivity index is 2.12. The van der Waals surface area contributed by atoms with E-state index >= 15 is 0 Å². The fourth-order valence-corrected chi connectivity index (χ4v) is 2.81. The van der Waals surface area contributed by atoms with Gasteiger partial charge in [0, 0.05) is 6.61 Å². The first-order valence-electron chi connectivity index (χ1n) is 6.27. The first-order valence-corrected chi connectivity index (χ1v) is 6.65. The summed E-state index contributed by atoms with van der Waals surface area (Å²) in [6.45, 7) is 0.0734. The zero-order valence-electron chi connectivity index (χ0n) is 10.2. The third kappa shape index (κ3) is 3.02. The molecule has 2 N–H and O–H groups in total. The van der Waals surface area contributed by atoms with Crippen molar-refractivity contribution in [3.05, 3.63) is 34.6 Å². The number of hydrogen-bond donors (Lipinski definition) is 2. The average Bonchev–Trinajstić information content (AvgIpc) is 2.37. The molecular formula is C14H18ClFO2. The maximum Gasteiger partial charge on any atom is 0.142 e. The highest BCUT2D eigenvalue weighted by Crippen LogP contribution is 2.39. The highest BCUT2D eigenvalue weighted by atomic mass is 35.5. The Kier molecular flexibility index (Phi) is 4.25. The summed E-state index contributed by atoms with van der Waals surface area (Å²) >= 11 is 5.65. The van der Waals surface area contributed by atoms with E-state index in [-0.39, 0.29) is 23.1 Å². The van der Waals surface area contributed by atoms with Crippen LogP contribution in [0.5, 0.6) is 0 Å². The number of halogens is 2. The highest BCUT2D eigenvalue weighted by molar-refractivity contribution is 6.30. The van der Waals surface area contributed by atoms with Crippen LogP contribution in [-0.2, 0) is 6.42 Å². The van der Waals surface area contributed by atoms with Crippen LogP contribution in [-0.4, -0.2) is 22.9 Å². The molecule has 2 nitrogen and oxygen atoms in total. The van der Waals surface area contributed by atoms with E-state index in [2.05, 4.69) is 0 Å². The second-order valence-corrected chi connectivity index (χ2v) is 5.72. The van der Waals surface area contributed by atoms with E-state index in [0.717, 1.165) is 18.4 Å². The van der Waals surface area contributed by atoms with E-state index < -0.39 is 5.82 Å². The number of hydrogen-bond acceptors (Lipinski definition) is 2. The van der Waals surface area contributed by atoms with Gasteiger partial charge in [-0.1, -0.05) is 17.7 Å². The van der Waals surface area contributed by atoms with Gasteiger partial charge >= 0.3 is 0 Å². The standard InChI is InChI=1S/C14H18ClFO2/c15-12-2-1-10(7-13(12)16)8-14(9-17)5-3-11(18)4-6-14/h1-2,7,11,17-18H,3-6,8-9H2. The van der Waals surface area contributed by atoms with Crippen LogP contribution in [0.2, 0.25) is 5.02 Å². The van der Waals surface area contributed by atoms with Gasteiger partial charge < -0.3 is 10.2 Å². The predicted molar refractivity (Wildman–Crippen MR) is 69.1 cm³/mol. The molecule has 0 heterocycles. The van der Waals surface area contributed by atoms with Crippen molar-refractivity contribution in [2.45, 2.75) is 38.2 Å². The highest BCUT2D eigenvalue weighted by Gasteiger charge is 2.34. The third-order valence-corrected chi connectivity index (χ3v) is 4.22. The Morgan fingerprint density at radius 2 is 2.00 bits per heavy atom. The largest absolute Gasteiger partial charge is 0.396 e. The molecule has 0 atom stereocenters. The summed E-state index contributed by atoms with van der Waals surface area (Å²) < 4.78 is 13.4. The second-order valence-electron chi connectivity index (χ2n) is 5.31. The lowest BCUT2D eigenvalue weighted by molar-refractivity contribution is 0.0241. The van der Waals surface area contributed by atoms with Crippen LogP contribution in [0.1, 0.15) is 31.2 Å². The monoisotopic (exact) mass is 272 g/mol. The topological polar surface area (TPSA) is 40.5 Å². The van der Waals surface area contributed by atoms with Crippen LogP contribution in [0.25, 0.3) is 0 Å². The molecule has 0 saturated heterocycles. The predicted octanol–water partition coefficient (Wildman–Crippen LogP) is 2.94. The summed E-state index contributed by atoms with van der Waals surface area (Å²) in [5.74, 6) is -0.418. The maximum absolute atomic E-state index is 13.4. The lowest BCUT2D eigenvalue weighted by atomic mass is 9.70. The van der Waals surface area contributed by atoms with Gasteiger partial charge in [0.2, 0.25) is 0 Å². The quantitative estimate of drug-likeness (QED) is 0.888. The molecule has 1 aromatic carbocycles. The minimum atomic E-state index is -0.418. The lowest BCUT2D eigenvalue weighted by Gasteiger charge is -2.37. The molecule has 18 heavy (non-hydrogen) atoms. The Labute approximate surface area is 111 Å². The van der Waals surface area contributed by atoms with Crippen molar-refractivity contribution in [3.8, 4) is 0 Å². The number of rotatable bonds is 3. The van der Waals surface area contributed by atoms with Crippen molar-refractivity contribution in [2.24, 2.45) is 5.41 Å². The van der Waals surface area contributed by atoms with Crippen molar-refractivity contribution in [1.82, 2.24) is 0 Å². The minimum absolute atomic E-state index is 0.0734. The molecule has 1 aromatic rings. The molecule has 0 spiro atoms. The van der Waals surface area contributed by atoms with Gasteiger partial charge in [-0.25, -0.2) is 4.39 Å². The molecule has 2 rings (SSSR count). The number of aliphatic hydroxyl groups excluding tert-OH is 2. The van der Waals surface area contributed by atoms with Crippen molar-refractivity contribution in [2.75, 3.05) is 6.61 Å². The Morgan fingerprint density at radius 3 is 2.56 bits per heavy atom. The molecule has 1 saturated carbocycles. The van der Waals surface area contributed by atoms with Crippen LogP contribution in [0.4, 0.5) is 4.39 Å². The van der Waals surface area contributed by atoms with Crippen molar-refractivity contribution < 1.29 is 14.6 Å². The molecule has 4 heteroatoms. The first-order chi connectivity index (χ1) is 8.54. The van der Waals surface area contributed by atoms with E-state index in [4.69, 9.17) is 11.6 Å². The zero-order valence-corrected chi connectivity index (χ0v) is 11.0. The zero-order chi connectivity index (χ0) is 13.2. The van der Waals surface area contributed by atoms with Crippen molar-refractivity contribution in [1.29, 1.82) is 0 Å². The molecule has 1 fully saturated rings. The molecule has 1 aliphatic rings. The molecule has 1 aliphatic carbocycles. The third-order valence-electron chi connectivity index (χ3n) is 3.91. The Hall–Kier alpha value is -0.640. The molecular weight excluding hydrogens is 255 g/mol. The normalized spacial score (nSPS) is 28.3. The molecule has 0 amide bonds. The average molecular weight is 273 g/mol. The van der Waals surface area contributed by atoms with Gasteiger partial charge in [-0.05, 0) is 55.2 Å². The molecule has 0 aromatic heterocycles. The SMILES string of the molecule is OCC1(Cc2ccc(Cl)c(F)c2)CCC(O)CC1. The van der Waals surface area contributed by atoms with Crippen LogP contribution >= 0.6 is 11.6 Å². The molecule has 0 unspecified atom stereocenters. The summed E-state index contributed by atoms with van der Waals surface area (Å²) in [5.41, 5.74) is 0.627. The smallest absolute Gasteiger partial charge is 0.142 e. The van der Waals surface area contributed by atoms with Crippen LogP contribution in [0, 0.1) is 11.2 Å². The lowest BCUT2D eigenvalue weighted by Crippen LogP contribution is -2.34. The van der Waals surface area contributed by atoms with Gasteiger partial charge in [0.05, 0.1) is 11.1 Å². The van der Waals surface area contributed by atoms with Gasteiger partial charge in [-0.15, -0.1) is 0 Å². The summed E-state index contributed by atoms with van der Waals surface area (Å²) in [5, 5.41) is 19.3. The van der Waals surface area contributed by atoms with E-state index in [0.29, 0.717) is 19.3 Å². The molecule has 100 valence electrons. The minimum Gasteiger partial charge on any atom is -0.396 e. The van der Waals surface area contributed by atoms with Crippen LogP contribution in [0.3, 0.4) is 0 Å². The van der Waals surface area contributed by atoms with Gasteiger partial charge in [0.15, 0.2) is 0 Å². The fraction of sp³-hybridized carbons (Fsp3) is 0.571. The summed E-state index contributed by atoms with van der Waals surface area (Å²) in [6.07, 6.45) is 3.33. The fourth-order valence-electron chi connectivity index (χ4n) is 2.69. The molecule has 0 bridgehead atoms. The second kappa shape index (κ2) is 5.55. The number of aliphatic hydroxyl groups is 2. The maximum atomic E-state index is 13.4. The van der Waals surface area contributed by atoms with Crippen LogP contribution in [0.15, 0.2) is 18.2 Å². The summed E-state index contributed by atoms with van der Waals surface area (Å²) in [4.78, 5) is 0. The molecule has 0 aliphatic heterocycles. The van der Waals surface area contributed by atoms with Crippen molar-refractivity contribution in [3.63, 3.8) is 0 Å². The first kappa shape index (κ1) is 13.8. The number of benzene rings is 1. The Morgan fingerprint density at radius 1 is 1.33 bits per heavy atom. The van der Waals surface area contributed by atoms with Gasteiger partial charge in [-0.2, -0.15) is 0 Å². The summed E-state index contributed by atoms with van der Waals surface area (Å²) in [7, 11) is 0. The van der Waals surface area contributed by atoms with E-state index in [9.17, 15) is 14.6 Å². The summed E-state index contributed by atoms with van der Waals surface area (Å²) in [6, 6.07) is 4.79. The van der Waals surface area contributed by atoms with Gasteiger partial charge in [0.1, 0.15) is 5.82 Å². The Bertz CT molecular complexity index is 414. The van der Waals surface area contributed by atoms with E-state index in [1.54, 1.807) is 12.1 Å².